The molecule has 3 aromatic heterocycles. The number of carbonyl (C=O) groups is 1. The molecule has 1 saturated carbocycles. The molecule has 196 valence electrons. The standard InChI is InChI=1S/C27H34N6O3S/c1-15-3-6-18-23(29)24(37-26(18)30-15)25(34)31-17-5-7-20-16(11-17)4-8-22(32-20)33-12-19(28)21(13-33)36-27(9-10-27)14-35-2/h3-4,6,8,17,19,21H,5,7,9-14,28-29H2,1-2H3,(H,31,34). The van der Waals surface area contributed by atoms with Gasteiger partial charge in [0.15, 0.2) is 0 Å². The molecule has 4 heterocycles. The van der Waals surface area contributed by atoms with E-state index in [1.54, 1.807) is 7.11 Å². The highest BCUT2D eigenvalue weighted by atomic mass is 32.1. The lowest BCUT2D eigenvalue weighted by Gasteiger charge is -2.27. The number of aromatic nitrogens is 2. The van der Waals surface area contributed by atoms with E-state index in [1.807, 2.05) is 19.1 Å². The van der Waals surface area contributed by atoms with E-state index >= 15 is 0 Å². The molecule has 6 rings (SSSR count). The molecule has 1 aliphatic heterocycles. The fraction of sp³-hybridized carbons (Fsp3) is 0.519. The lowest BCUT2D eigenvalue weighted by molar-refractivity contribution is -0.0623. The normalized spacial score (nSPS) is 24.3. The van der Waals surface area contributed by atoms with Gasteiger partial charge in [0.2, 0.25) is 0 Å². The van der Waals surface area contributed by atoms with Gasteiger partial charge in [0.1, 0.15) is 15.5 Å². The van der Waals surface area contributed by atoms with Gasteiger partial charge in [0.25, 0.3) is 5.91 Å². The Labute approximate surface area is 220 Å². The number of rotatable bonds is 7. The summed E-state index contributed by atoms with van der Waals surface area (Å²) in [6, 6.07) is 8.06. The number of aryl methyl sites for hydroxylation is 2. The minimum Gasteiger partial charge on any atom is -0.397 e. The number of thiophene rings is 1. The summed E-state index contributed by atoms with van der Waals surface area (Å²) in [5.41, 5.74) is 16.3. The number of nitrogens with one attached hydrogen (secondary N) is 1. The first-order chi connectivity index (χ1) is 17.8. The molecule has 3 atom stereocenters. The van der Waals surface area contributed by atoms with Crippen molar-refractivity contribution in [1.29, 1.82) is 0 Å². The largest absolute Gasteiger partial charge is 0.397 e. The molecule has 3 aromatic rings. The number of nitrogen functional groups attached to an aromatic ring is 1. The van der Waals surface area contributed by atoms with Crippen LogP contribution in [-0.2, 0) is 22.3 Å². The second-order valence-electron chi connectivity index (χ2n) is 10.7. The van der Waals surface area contributed by atoms with Gasteiger partial charge in [-0.1, -0.05) is 6.07 Å². The average Bonchev–Trinajstić information content (AvgIpc) is 3.42. The van der Waals surface area contributed by atoms with Crippen molar-refractivity contribution in [2.24, 2.45) is 5.73 Å². The molecule has 0 aromatic carbocycles. The number of hydrogen-bond acceptors (Lipinski definition) is 9. The maximum absolute atomic E-state index is 13.1. The summed E-state index contributed by atoms with van der Waals surface area (Å²) in [5, 5.41) is 4.03. The number of amides is 1. The minimum atomic E-state index is -0.147. The van der Waals surface area contributed by atoms with E-state index in [9.17, 15) is 4.79 Å². The van der Waals surface area contributed by atoms with Crippen LogP contribution in [0.3, 0.4) is 0 Å². The molecule has 10 heteroatoms. The third-order valence-electron chi connectivity index (χ3n) is 7.77. The van der Waals surface area contributed by atoms with Crippen LogP contribution in [0.4, 0.5) is 11.5 Å². The molecule has 37 heavy (non-hydrogen) atoms. The van der Waals surface area contributed by atoms with Gasteiger partial charge in [0.05, 0.1) is 30.0 Å². The maximum Gasteiger partial charge on any atom is 0.263 e. The third-order valence-corrected chi connectivity index (χ3v) is 8.89. The van der Waals surface area contributed by atoms with Gasteiger partial charge in [-0.15, -0.1) is 11.3 Å². The number of anilines is 2. The van der Waals surface area contributed by atoms with E-state index in [0.29, 0.717) is 17.2 Å². The lowest BCUT2D eigenvalue weighted by Crippen LogP contribution is -2.39. The second kappa shape index (κ2) is 9.50. The number of hydrogen-bond donors (Lipinski definition) is 3. The Morgan fingerprint density at radius 2 is 2.08 bits per heavy atom. The monoisotopic (exact) mass is 522 g/mol. The molecular formula is C27H34N6O3S. The molecule has 1 amide bonds. The Balaban J connectivity index is 1.10. The molecule has 0 bridgehead atoms. The topological polar surface area (TPSA) is 129 Å². The summed E-state index contributed by atoms with van der Waals surface area (Å²) >= 11 is 1.35. The predicted octanol–water partition coefficient (Wildman–Crippen LogP) is 2.58. The van der Waals surface area contributed by atoms with E-state index in [1.165, 1.54) is 16.9 Å². The Kier molecular flexibility index (Phi) is 6.30. The Hall–Kier alpha value is -2.79. The first kappa shape index (κ1) is 24.5. The van der Waals surface area contributed by atoms with Crippen molar-refractivity contribution >= 4 is 39.0 Å². The van der Waals surface area contributed by atoms with Crippen LogP contribution in [-0.4, -0.2) is 66.5 Å². The molecule has 3 aliphatic rings. The average molecular weight is 523 g/mol. The first-order valence-corrected chi connectivity index (χ1v) is 13.8. The number of nitrogens with two attached hydrogens (primary N) is 2. The fourth-order valence-corrected chi connectivity index (χ4v) is 6.58. The van der Waals surface area contributed by atoms with E-state index in [4.69, 9.17) is 25.9 Å². The van der Waals surface area contributed by atoms with Crippen LogP contribution >= 0.6 is 11.3 Å². The highest BCUT2D eigenvalue weighted by Gasteiger charge is 2.48. The van der Waals surface area contributed by atoms with Crippen LogP contribution in [0.15, 0.2) is 24.3 Å². The van der Waals surface area contributed by atoms with Crippen molar-refractivity contribution in [2.45, 2.75) is 62.8 Å². The Morgan fingerprint density at radius 3 is 2.86 bits per heavy atom. The van der Waals surface area contributed by atoms with Gasteiger partial charge < -0.3 is 31.2 Å². The number of methoxy groups -OCH3 is 1. The summed E-state index contributed by atoms with van der Waals surface area (Å²) in [4.78, 5) is 26.1. The van der Waals surface area contributed by atoms with Crippen molar-refractivity contribution in [1.82, 2.24) is 15.3 Å². The number of pyridine rings is 2. The molecule has 9 nitrogen and oxygen atoms in total. The number of ether oxygens (including phenoxy) is 2. The summed E-state index contributed by atoms with van der Waals surface area (Å²) < 4.78 is 11.7. The molecule has 2 fully saturated rings. The Bertz CT molecular complexity index is 1340. The molecular weight excluding hydrogens is 488 g/mol. The molecule has 3 unspecified atom stereocenters. The number of fused-ring (bicyclic) bond motifs is 2. The zero-order valence-corrected chi connectivity index (χ0v) is 22.1. The van der Waals surface area contributed by atoms with Gasteiger partial charge in [-0.2, -0.15) is 0 Å². The third kappa shape index (κ3) is 4.79. The SMILES string of the molecule is COCC1(OC2CN(c3ccc4c(n3)CCC(NC(=O)c3sc5nc(C)ccc5c3N)C4)CC2N)CC1. The highest BCUT2D eigenvalue weighted by molar-refractivity contribution is 7.21. The lowest BCUT2D eigenvalue weighted by atomic mass is 9.91. The maximum atomic E-state index is 13.1. The summed E-state index contributed by atoms with van der Waals surface area (Å²) in [5.74, 6) is 0.815. The molecule has 5 N–H and O–H groups in total. The van der Waals surface area contributed by atoms with Crippen molar-refractivity contribution in [3.8, 4) is 0 Å². The van der Waals surface area contributed by atoms with Crippen molar-refractivity contribution in [3.63, 3.8) is 0 Å². The van der Waals surface area contributed by atoms with Gasteiger partial charge in [-0.25, -0.2) is 9.97 Å². The van der Waals surface area contributed by atoms with Crippen LogP contribution in [0, 0.1) is 6.92 Å². The van der Waals surface area contributed by atoms with Crippen molar-refractivity contribution in [3.05, 3.63) is 46.1 Å². The van der Waals surface area contributed by atoms with Crippen LogP contribution in [0.2, 0.25) is 0 Å². The minimum absolute atomic E-state index is 0.0180. The molecule has 2 aliphatic carbocycles. The summed E-state index contributed by atoms with van der Waals surface area (Å²) in [7, 11) is 1.72. The van der Waals surface area contributed by atoms with E-state index < -0.39 is 0 Å². The highest BCUT2D eigenvalue weighted by Crippen LogP contribution is 2.42. The quantitative estimate of drug-likeness (QED) is 0.432. The van der Waals surface area contributed by atoms with Gasteiger partial charge in [-0.05, 0) is 62.8 Å². The molecule has 0 radical (unpaired) electrons. The zero-order chi connectivity index (χ0) is 25.7. The predicted molar refractivity (Wildman–Crippen MR) is 145 cm³/mol. The van der Waals surface area contributed by atoms with Crippen LogP contribution < -0.4 is 21.7 Å². The van der Waals surface area contributed by atoms with Gasteiger partial charge >= 0.3 is 0 Å². The second-order valence-corrected chi connectivity index (χ2v) is 11.7. The van der Waals surface area contributed by atoms with Crippen LogP contribution in [0.1, 0.15) is 45.9 Å². The van der Waals surface area contributed by atoms with E-state index in [0.717, 1.165) is 72.6 Å². The van der Waals surface area contributed by atoms with Gasteiger partial charge in [-0.3, -0.25) is 4.79 Å². The van der Waals surface area contributed by atoms with E-state index in [2.05, 4.69) is 27.3 Å². The number of nitrogens with zero attached hydrogens (tertiary/aromatic N) is 3. The fourth-order valence-electron chi connectivity index (χ4n) is 5.54. The van der Waals surface area contributed by atoms with Crippen molar-refractivity contribution in [2.75, 3.05) is 37.4 Å². The Morgan fingerprint density at radius 1 is 1.24 bits per heavy atom. The number of carbonyl (C=O) groups excluding carboxylic acids is 1. The van der Waals surface area contributed by atoms with E-state index in [-0.39, 0.29) is 29.7 Å². The molecule has 0 spiro atoms. The summed E-state index contributed by atoms with van der Waals surface area (Å²) in [6.07, 6.45) is 4.45. The summed E-state index contributed by atoms with van der Waals surface area (Å²) in [6.45, 7) is 4.02. The van der Waals surface area contributed by atoms with Gasteiger partial charge in [0, 0.05) is 43.0 Å². The zero-order valence-electron chi connectivity index (χ0n) is 21.3. The van der Waals surface area contributed by atoms with Crippen LogP contribution in [0.5, 0.6) is 0 Å². The molecule has 1 saturated heterocycles. The van der Waals surface area contributed by atoms with Crippen LogP contribution in [0.25, 0.3) is 10.2 Å². The first-order valence-electron chi connectivity index (χ1n) is 13.0. The van der Waals surface area contributed by atoms with Crippen molar-refractivity contribution < 1.29 is 14.3 Å². The smallest absolute Gasteiger partial charge is 0.263 e.